The Balaban J connectivity index is 1.64. The standard InChI is InChI=1S/C18H18N2O4S/c19-17-10-20(9-16(17)12-4-2-1-3-5-12)25(22,23)14-7-6-13-11-24-18(21)15(13)8-14/h1-8,16-17H,9-11,19H2/t16-,17+/m0/s1. The minimum Gasteiger partial charge on any atom is -0.457 e. The number of sulfonamides is 1. The van der Waals surface area contributed by atoms with Crippen molar-refractivity contribution in [2.45, 2.75) is 23.5 Å². The summed E-state index contributed by atoms with van der Waals surface area (Å²) in [5, 5.41) is 0. The highest BCUT2D eigenvalue weighted by Crippen LogP contribution is 2.31. The van der Waals surface area contributed by atoms with Gasteiger partial charge < -0.3 is 10.5 Å². The van der Waals surface area contributed by atoms with Gasteiger partial charge in [-0.05, 0) is 17.7 Å². The number of fused-ring (bicyclic) bond motifs is 1. The molecule has 0 amide bonds. The smallest absolute Gasteiger partial charge is 0.338 e. The predicted octanol–water partition coefficient (Wildman–Crippen LogP) is 1.47. The van der Waals surface area contributed by atoms with Gasteiger partial charge in [0.05, 0.1) is 10.5 Å². The third-order valence-corrected chi connectivity index (χ3v) is 6.68. The summed E-state index contributed by atoms with van der Waals surface area (Å²) in [5.41, 5.74) is 8.28. The van der Waals surface area contributed by atoms with E-state index in [-0.39, 0.29) is 30.0 Å². The lowest BCUT2D eigenvalue weighted by Gasteiger charge is -2.17. The van der Waals surface area contributed by atoms with E-state index in [0.29, 0.717) is 17.7 Å². The average molecular weight is 358 g/mol. The van der Waals surface area contributed by atoms with Crippen molar-refractivity contribution in [2.75, 3.05) is 13.1 Å². The van der Waals surface area contributed by atoms with Crippen LogP contribution in [0.25, 0.3) is 0 Å². The second-order valence-electron chi connectivity index (χ2n) is 6.40. The fourth-order valence-corrected chi connectivity index (χ4v) is 4.97. The molecular formula is C18H18N2O4S. The van der Waals surface area contributed by atoms with Gasteiger partial charge in [0.1, 0.15) is 6.61 Å². The van der Waals surface area contributed by atoms with Crippen LogP contribution in [0.2, 0.25) is 0 Å². The number of carbonyl (C=O) groups excluding carboxylic acids is 1. The molecule has 130 valence electrons. The third-order valence-electron chi connectivity index (χ3n) is 4.86. The number of esters is 1. The van der Waals surface area contributed by atoms with Gasteiger partial charge in [0.15, 0.2) is 0 Å². The van der Waals surface area contributed by atoms with E-state index in [4.69, 9.17) is 10.5 Å². The first kappa shape index (κ1) is 16.3. The lowest BCUT2D eigenvalue weighted by Crippen LogP contribution is -2.32. The van der Waals surface area contributed by atoms with E-state index in [1.807, 2.05) is 30.3 Å². The minimum absolute atomic E-state index is 0.0460. The van der Waals surface area contributed by atoms with Crippen molar-refractivity contribution in [3.8, 4) is 0 Å². The van der Waals surface area contributed by atoms with E-state index in [2.05, 4.69) is 0 Å². The molecule has 1 saturated heterocycles. The Morgan fingerprint density at radius 2 is 1.84 bits per heavy atom. The fraction of sp³-hybridized carbons (Fsp3) is 0.278. The van der Waals surface area contributed by atoms with Crippen LogP contribution in [0.1, 0.15) is 27.4 Å². The normalized spacial score (nSPS) is 23.5. The molecule has 7 heteroatoms. The van der Waals surface area contributed by atoms with Gasteiger partial charge in [-0.25, -0.2) is 13.2 Å². The molecule has 0 aromatic heterocycles. The maximum absolute atomic E-state index is 13.0. The lowest BCUT2D eigenvalue weighted by molar-refractivity contribution is 0.0535. The molecular weight excluding hydrogens is 340 g/mol. The van der Waals surface area contributed by atoms with Crippen molar-refractivity contribution in [3.05, 3.63) is 65.2 Å². The summed E-state index contributed by atoms with van der Waals surface area (Å²) in [6.45, 7) is 0.775. The number of ether oxygens (including phenoxy) is 1. The molecule has 0 aliphatic carbocycles. The number of cyclic esters (lactones) is 1. The molecule has 2 aliphatic heterocycles. The minimum atomic E-state index is -3.71. The van der Waals surface area contributed by atoms with Crippen LogP contribution in [0.3, 0.4) is 0 Å². The molecule has 4 rings (SSSR count). The first-order chi connectivity index (χ1) is 12.0. The van der Waals surface area contributed by atoms with Crippen molar-refractivity contribution in [3.63, 3.8) is 0 Å². The predicted molar refractivity (Wildman–Crippen MR) is 91.5 cm³/mol. The maximum Gasteiger partial charge on any atom is 0.338 e. The summed E-state index contributed by atoms with van der Waals surface area (Å²) in [4.78, 5) is 11.8. The van der Waals surface area contributed by atoms with Crippen molar-refractivity contribution in [1.82, 2.24) is 4.31 Å². The van der Waals surface area contributed by atoms with Crippen molar-refractivity contribution in [1.29, 1.82) is 0 Å². The number of benzene rings is 2. The molecule has 2 atom stereocenters. The maximum atomic E-state index is 13.0. The number of carbonyl (C=O) groups is 1. The van der Waals surface area contributed by atoms with Gasteiger partial charge in [-0.1, -0.05) is 36.4 Å². The Hall–Kier alpha value is -2.22. The highest BCUT2D eigenvalue weighted by atomic mass is 32.2. The van der Waals surface area contributed by atoms with Gasteiger partial charge in [-0.15, -0.1) is 0 Å². The van der Waals surface area contributed by atoms with Gasteiger partial charge in [0, 0.05) is 30.6 Å². The molecule has 25 heavy (non-hydrogen) atoms. The lowest BCUT2D eigenvalue weighted by atomic mass is 9.95. The van der Waals surface area contributed by atoms with Crippen LogP contribution in [0.15, 0.2) is 53.4 Å². The molecule has 2 aromatic carbocycles. The summed E-state index contributed by atoms with van der Waals surface area (Å²) in [6.07, 6.45) is 0. The van der Waals surface area contributed by atoms with Crippen LogP contribution in [0, 0.1) is 0 Å². The Labute approximate surface area is 146 Å². The van der Waals surface area contributed by atoms with Crippen LogP contribution in [-0.4, -0.2) is 37.8 Å². The summed E-state index contributed by atoms with van der Waals surface area (Å²) in [5.74, 6) is -0.525. The first-order valence-electron chi connectivity index (χ1n) is 8.07. The summed E-state index contributed by atoms with van der Waals surface area (Å²) < 4.78 is 32.3. The van der Waals surface area contributed by atoms with Crippen LogP contribution < -0.4 is 5.73 Å². The van der Waals surface area contributed by atoms with Crippen molar-refractivity contribution >= 4 is 16.0 Å². The molecule has 0 bridgehead atoms. The molecule has 0 spiro atoms. The first-order valence-corrected chi connectivity index (χ1v) is 9.51. The van der Waals surface area contributed by atoms with E-state index < -0.39 is 16.0 Å². The van der Waals surface area contributed by atoms with E-state index in [0.717, 1.165) is 5.56 Å². The zero-order valence-corrected chi connectivity index (χ0v) is 14.3. The highest BCUT2D eigenvalue weighted by molar-refractivity contribution is 7.89. The van der Waals surface area contributed by atoms with Crippen molar-refractivity contribution < 1.29 is 17.9 Å². The number of hydrogen-bond donors (Lipinski definition) is 1. The number of rotatable bonds is 3. The van der Waals surface area contributed by atoms with Crippen LogP contribution in [-0.2, 0) is 21.4 Å². The quantitative estimate of drug-likeness (QED) is 0.839. The molecule has 2 aliphatic rings. The summed E-state index contributed by atoms with van der Waals surface area (Å²) >= 11 is 0. The number of nitrogens with zero attached hydrogens (tertiary/aromatic N) is 1. The molecule has 2 aromatic rings. The molecule has 2 N–H and O–H groups in total. The monoisotopic (exact) mass is 358 g/mol. The Kier molecular flexibility index (Phi) is 3.87. The average Bonchev–Trinajstić information content (AvgIpc) is 3.19. The van der Waals surface area contributed by atoms with Gasteiger partial charge in [-0.3, -0.25) is 0 Å². The largest absolute Gasteiger partial charge is 0.457 e. The number of nitrogens with two attached hydrogens (primary N) is 1. The highest BCUT2D eigenvalue weighted by Gasteiger charge is 2.38. The van der Waals surface area contributed by atoms with Gasteiger partial charge in [0.2, 0.25) is 10.0 Å². The van der Waals surface area contributed by atoms with E-state index in [1.54, 1.807) is 6.07 Å². The van der Waals surface area contributed by atoms with Gasteiger partial charge in [0.25, 0.3) is 0 Å². The molecule has 0 unspecified atom stereocenters. The SMILES string of the molecule is N[C@@H]1CN(S(=O)(=O)c2ccc3c(c2)C(=O)OC3)C[C@H]1c1ccccc1. The van der Waals surface area contributed by atoms with E-state index in [1.165, 1.54) is 16.4 Å². The topological polar surface area (TPSA) is 89.7 Å². The summed E-state index contributed by atoms with van der Waals surface area (Å²) in [6, 6.07) is 14.0. The van der Waals surface area contributed by atoms with E-state index >= 15 is 0 Å². The second-order valence-corrected chi connectivity index (χ2v) is 8.34. The Morgan fingerprint density at radius 3 is 2.60 bits per heavy atom. The van der Waals surface area contributed by atoms with Crippen LogP contribution >= 0.6 is 0 Å². The van der Waals surface area contributed by atoms with E-state index in [9.17, 15) is 13.2 Å². The Bertz CT molecular complexity index is 927. The molecule has 0 saturated carbocycles. The molecule has 0 radical (unpaired) electrons. The zero-order chi connectivity index (χ0) is 17.6. The van der Waals surface area contributed by atoms with Crippen LogP contribution in [0.4, 0.5) is 0 Å². The Morgan fingerprint density at radius 1 is 1.08 bits per heavy atom. The van der Waals surface area contributed by atoms with Crippen molar-refractivity contribution in [2.24, 2.45) is 5.73 Å². The van der Waals surface area contributed by atoms with Gasteiger partial charge >= 0.3 is 5.97 Å². The summed E-state index contributed by atoms with van der Waals surface area (Å²) in [7, 11) is -3.71. The zero-order valence-electron chi connectivity index (χ0n) is 13.5. The molecule has 1 fully saturated rings. The third kappa shape index (κ3) is 2.74. The second kappa shape index (κ2) is 5.94. The fourth-order valence-electron chi connectivity index (χ4n) is 3.44. The molecule has 6 nitrogen and oxygen atoms in total. The van der Waals surface area contributed by atoms with Crippen LogP contribution in [0.5, 0.6) is 0 Å². The van der Waals surface area contributed by atoms with Gasteiger partial charge in [-0.2, -0.15) is 4.31 Å². The number of hydrogen-bond acceptors (Lipinski definition) is 5. The molecule has 2 heterocycles.